The monoisotopic (exact) mass is 424 g/mol. The summed E-state index contributed by atoms with van der Waals surface area (Å²) < 4.78 is 68.7. The Morgan fingerprint density at radius 2 is 1.66 bits per heavy atom. The zero-order valence-electron chi connectivity index (χ0n) is 16.0. The van der Waals surface area contributed by atoms with Crippen LogP contribution in [-0.2, 0) is 25.5 Å². The highest BCUT2D eigenvalue weighted by Gasteiger charge is 2.45. The molecule has 4 nitrogen and oxygen atoms in total. The molecular formula is C21H19F3O4S. The number of rotatable bonds is 4. The molecule has 0 bridgehead atoms. The van der Waals surface area contributed by atoms with E-state index in [2.05, 4.69) is 0 Å². The zero-order valence-corrected chi connectivity index (χ0v) is 16.8. The Morgan fingerprint density at radius 3 is 2.17 bits per heavy atom. The largest absolute Gasteiger partial charge is 0.478 e. The van der Waals surface area contributed by atoms with Crippen molar-refractivity contribution >= 4 is 27.0 Å². The second kappa shape index (κ2) is 7.02. The van der Waals surface area contributed by atoms with E-state index in [1.165, 1.54) is 36.4 Å². The molecule has 2 aromatic carbocycles. The van der Waals surface area contributed by atoms with Crippen LogP contribution >= 0.6 is 0 Å². The number of carbonyl (C=O) groups excluding carboxylic acids is 1. The topological polar surface area (TPSA) is 60.4 Å². The highest BCUT2D eigenvalue weighted by Crippen LogP contribution is 2.44. The van der Waals surface area contributed by atoms with Gasteiger partial charge in [0.1, 0.15) is 5.76 Å². The van der Waals surface area contributed by atoms with Crippen molar-refractivity contribution in [1.29, 1.82) is 0 Å². The smallest absolute Gasteiger partial charge is 0.416 e. The molecule has 154 valence electrons. The molecule has 0 amide bonds. The predicted molar refractivity (Wildman–Crippen MR) is 103 cm³/mol. The molecule has 1 aliphatic rings. The number of carbonyl (C=O) groups is 1. The van der Waals surface area contributed by atoms with Gasteiger partial charge in [-0.1, -0.05) is 19.1 Å². The second-order valence-corrected chi connectivity index (χ2v) is 9.11. The van der Waals surface area contributed by atoms with E-state index in [-0.39, 0.29) is 21.8 Å². The lowest BCUT2D eigenvalue weighted by molar-refractivity contribution is -0.137. The van der Waals surface area contributed by atoms with Crippen LogP contribution in [0.25, 0.3) is 11.3 Å². The maximum atomic E-state index is 13.2. The second-order valence-electron chi connectivity index (χ2n) is 7.09. The Kier molecular flexibility index (Phi) is 5.11. The SMILES string of the molecule is CCC1(C)OC(c2ccc(S(C)(=O)=O)cc2)=C(c2cccc(C(F)(F)F)c2)C1=O. The average Bonchev–Trinajstić information content (AvgIpc) is 2.92. The summed E-state index contributed by atoms with van der Waals surface area (Å²) in [7, 11) is -3.42. The van der Waals surface area contributed by atoms with Gasteiger partial charge in [0.15, 0.2) is 15.4 Å². The molecule has 2 aromatic rings. The number of hydrogen-bond acceptors (Lipinski definition) is 4. The summed E-state index contributed by atoms with van der Waals surface area (Å²) >= 11 is 0. The number of sulfone groups is 1. The average molecular weight is 424 g/mol. The van der Waals surface area contributed by atoms with Gasteiger partial charge in [-0.25, -0.2) is 8.42 Å². The van der Waals surface area contributed by atoms with E-state index in [0.717, 1.165) is 18.4 Å². The number of ether oxygens (including phenoxy) is 1. The number of Topliss-reactive ketones (excluding diaryl/α,β-unsaturated/α-hetero) is 1. The molecule has 0 fully saturated rings. The zero-order chi connectivity index (χ0) is 21.6. The van der Waals surface area contributed by atoms with Gasteiger partial charge in [0, 0.05) is 11.8 Å². The molecule has 0 saturated carbocycles. The van der Waals surface area contributed by atoms with Crippen LogP contribution in [0.15, 0.2) is 53.4 Å². The highest BCUT2D eigenvalue weighted by molar-refractivity contribution is 7.90. The van der Waals surface area contributed by atoms with Crippen LogP contribution in [0.4, 0.5) is 13.2 Å². The Balaban J connectivity index is 2.19. The van der Waals surface area contributed by atoms with Crippen molar-refractivity contribution in [3.8, 4) is 0 Å². The lowest BCUT2D eigenvalue weighted by atomic mass is 9.89. The molecule has 1 heterocycles. The molecule has 0 spiro atoms. The maximum absolute atomic E-state index is 13.2. The van der Waals surface area contributed by atoms with E-state index in [9.17, 15) is 26.4 Å². The van der Waals surface area contributed by atoms with Gasteiger partial charge in [0.05, 0.1) is 16.0 Å². The van der Waals surface area contributed by atoms with Crippen LogP contribution in [0.5, 0.6) is 0 Å². The summed E-state index contributed by atoms with van der Waals surface area (Å²) in [6.07, 6.45) is -3.16. The van der Waals surface area contributed by atoms with Crippen molar-refractivity contribution in [2.24, 2.45) is 0 Å². The number of benzene rings is 2. The van der Waals surface area contributed by atoms with Crippen LogP contribution in [-0.4, -0.2) is 26.1 Å². The Morgan fingerprint density at radius 1 is 1.03 bits per heavy atom. The van der Waals surface area contributed by atoms with Crippen LogP contribution in [0, 0.1) is 0 Å². The summed E-state index contributed by atoms with van der Waals surface area (Å²) in [4.78, 5) is 13.2. The molecule has 0 aliphatic carbocycles. The molecule has 0 aromatic heterocycles. The molecular weight excluding hydrogens is 405 g/mol. The molecule has 0 radical (unpaired) electrons. The highest BCUT2D eigenvalue weighted by atomic mass is 32.2. The van der Waals surface area contributed by atoms with Crippen LogP contribution < -0.4 is 0 Å². The molecule has 8 heteroatoms. The van der Waals surface area contributed by atoms with Gasteiger partial charge in [0.2, 0.25) is 5.78 Å². The minimum atomic E-state index is -4.55. The molecule has 3 rings (SSSR count). The van der Waals surface area contributed by atoms with Gasteiger partial charge in [0.25, 0.3) is 0 Å². The van der Waals surface area contributed by atoms with Crippen molar-refractivity contribution in [2.75, 3.05) is 6.26 Å². The maximum Gasteiger partial charge on any atom is 0.416 e. The molecule has 0 saturated heterocycles. The number of ketones is 1. The van der Waals surface area contributed by atoms with Crippen molar-refractivity contribution in [3.05, 3.63) is 65.2 Å². The normalized spacial score (nSPS) is 20.1. The fraction of sp³-hybridized carbons (Fsp3) is 0.286. The van der Waals surface area contributed by atoms with Crippen LogP contribution in [0.1, 0.15) is 37.0 Å². The van der Waals surface area contributed by atoms with Crippen LogP contribution in [0.3, 0.4) is 0 Å². The minimum Gasteiger partial charge on any atom is -0.478 e. The minimum absolute atomic E-state index is 0.0487. The first-order valence-electron chi connectivity index (χ1n) is 8.83. The summed E-state index contributed by atoms with van der Waals surface area (Å²) in [5.74, 6) is -0.278. The van der Waals surface area contributed by atoms with Crippen molar-refractivity contribution in [2.45, 2.75) is 36.9 Å². The fourth-order valence-electron chi connectivity index (χ4n) is 3.09. The summed E-state index contributed by atoms with van der Waals surface area (Å²) in [6.45, 7) is 3.33. The van der Waals surface area contributed by atoms with E-state index < -0.39 is 33.0 Å². The Bertz CT molecular complexity index is 1100. The molecule has 0 N–H and O–H groups in total. The lowest BCUT2D eigenvalue weighted by Gasteiger charge is -2.21. The van der Waals surface area contributed by atoms with Crippen LogP contribution in [0.2, 0.25) is 0 Å². The predicted octanol–water partition coefficient (Wildman–Crippen LogP) is 4.75. The van der Waals surface area contributed by atoms with Gasteiger partial charge >= 0.3 is 6.18 Å². The van der Waals surface area contributed by atoms with E-state index >= 15 is 0 Å². The summed E-state index contributed by atoms with van der Waals surface area (Å²) in [5, 5.41) is 0. The molecule has 1 unspecified atom stereocenters. The third-order valence-corrected chi connectivity index (χ3v) is 6.09. The standard InChI is InChI=1S/C21H19F3O4S/c1-4-20(2)19(25)17(14-6-5-7-15(12-14)21(22,23)24)18(28-20)13-8-10-16(11-9-13)29(3,26)27/h5-12H,4H2,1-3H3. The van der Waals surface area contributed by atoms with Gasteiger partial charge < -0.3 is 4.74 Å². The van der Waals surface area contributed by atoms with E-state index in [1.54, 1.807) is 13.8 Å². The molecule has 29 heavy (non-hydrogen) atoms. The molecule has 1 atom stereocenters. The quantitative estimate of drug-likeness (QED) is 0.711. The summed E-state index contributed by atoms with van der Waals surface area (Å²) in [5.41, 5.74) is -1.52. The van der Waals surface area contributed by atoms with E-state index in [0.29, 0.717) is 12.0 Å². The van der Waals surface area contributed by atoms with Gasteiger partial charge in [-0.05, 0) is 55.3 Å². The third-order valence-electron chi connectivity index (χ3n) is 4.96. The van der Waals surface area contributed by atoms with Crippen molar-refractivity contribution in [1.82, 2.24) is 0 Å². The summed E-state index contributed by atoms with van der Waals surface area (Å²) in [6, 6.07) is 10.2. The Hall–Kier alpha value is -2.61. The van der Waals surface area contributed by atoms with Crippen molar-refractivity contribution < 1.29 is 31.1 Å². The third kappa shape index (κ3) is 3.94. The fourth-order valence-corrected chi connectivity index (χ4v) is 3.72. The van der Waals surface area contributed by atoms with Gasteiger partial charge in [-0.2, -0.15) is 13.2 Å². The van der Waals surface area contributed by atoms with E-state index in [4.69, 9.17) is 4.74 Å². The number of halogens is 3. The first-order valence-corrected chi connectivity index (χ1v) is 10.7. The number of hydrogen-bond donors (Lipinski definition) is 0. The van der Waals surface area contributed by atoms with Crippen molar-refractivity contribution in [3.63, 3.8) is 0 Å². The number of alkyl halides is 3. The first kappa shape index (κ1) is 21.1. The lowest BCUT2D eigenvalue weighted by Crippen LogP contribution is -2.32. The first-order chi connectivity index (χ1) is 13.4. The van der Waals surface area contributed by atoms with Gasteiger partial charge in [-0.15, -0.1) is 0 Å². The van der Waals surface area contributed by atoms with E-state index in [1.807, 2.05) is 0 Å². The van der Waals surface area contributed by atoms with Gasteiger partial charge in [-0.3, -0.25) is 4.79 Å². The Labute approximate surface area is 166 Å². The molecule has 1 aliphatic heterocycles.